The molecule has 0 heterocycles. The highest BCUT2D eigenvalue weighted by Gasteiger charge is 2.28. The van der Waals surface area contributed by atoms with Gasteiger partial charge in [0, 0.05) is 0 Å². The fourth-order valence-corrected chi connectivity index (χ4v) is 3.45. The molecule has 0 unspecified atom stereocenters. The van der Waals surface area contributed by atoms with E-state index in [4.69, 9.17) is 18.9 Å². The maximum Gasteiger partial charge on any atom is 0.508 e. The van der Waals surface area contributed by atoms with Gasteiger partial charge in [-0.3, -0.25) is 0 Å². The second kappa shape index (κ2) is 18.5. The Kier molecular flexibility index (Phi) is 15.9. The Balaban J connectivity index is 0.000000457. The van der Waals surface area contributed by atoms with E-state index in [-0.39, 0.29) is 19.8 Å². The van der Waals surface area contributed by atoms with E-state index in [1.807, 2.05) is 6.07 Å². The van der Waals surface area contributed by atoms with Crippen LogP contribution in [0.2, 0.25) is 0 Å². The van der Waals surface area contributed by atoms with Crippen LogP contribution in [0.5, 0.6) is 0 Å². The summed E-state index contributed by atoms with van der Waals surface area (Å²) < 4.78 is 19.9. The molecule has 0 saturated carbocycles. The average Bonchev–Trinajstić information content (AvgIpc) is 2.95. The number of carbonyl (C=O) groups excluding carboxylic acids is 3. The van der Waals surface area contributed by atoms with Crippen LogP contribution in [0.25, 0.3) is 0 Å². The first-order valence-corrected chi connectivity index (χ1v) is 14.0. The van der Waals surface area contributed by atoms with Crippen molar-refractivity contribution < 1.29 is 48.7 Å². The van der Waals surface area contributed by atoms with E-state index in [9.17, 15) is 29.7 Å². The fourth-order valence-electron chi connectivity index (χ4n) is 3.45. The average molecular weight is 619 g/mol. The molecule has 0 spiro atoms. The van der Waals surface area contributed by atoms with Crippen molar-refractivity contribution in [1.82, 2.24) is 10.6 Å². The first-order valence-electron chi connectivity index (χ1n) is 14.0. The van der Waals surface area contributed by atoms with Crippen molar-refractivity contribution in [3.63, 3.8) is 0 Å². The van der Waals surface area contributed by atoms with Gasteiger partial charge in [0.25, 0.3) is 0 Å². The number of nitrogens with one attached hydrogen (secondary N) is 2. The third-order valence-electron chi connectivity index (χ3n) is 5.35. The second-order valence-corrected chi connectivity index (χ2v) is 11.6. The van der Waals surface area contributed by atoms with Crippen LogP contribution < -0.4 is 10.6 Å². The van der Waals surface area contributed by atoms with Crippen molar-refractivity contribution in [2.45, 2.75) is 77.0 Å². The second-order valence-electron chi connectivity index (χ2n) is 11.6. The number of aliphatic hydroxyl groups excluding tert-OH is 3. The number of rotatable bonds is 11. The van der Waals surface area contributed by atoms with Crippen molar-refractivity contribution in [3.05, 3.63) is 84.4 Å². The molecule has 0 aromatic heterocycles. The lowest BCUT2D eigenvalue weighted by molar-refractivity contribution is 0.0180. The summed E-state index contributed by atoms with van der Waals surface area (Å²) in [7, 11) is 0. The molecule has 2 aromatic carbocycles. The molecule has 5 N–H and O–H groups in total. The predicted molar refractivity (Wildman–Crippen MR) is 164 cm³/mol. The third kappa shape index (κ3) is 15.9. The Morgan fingerprint density at radius 3 is 1.55 bits per heavy atom. The zero-order chi connectivity index (χ0) is 33.3. The molecule has 0 aliphatic heterocycles. The monoisotopic (exact) mass is 618 g/mol. The molecule has 0 radical (unpaired) electrons. The van der Waals surface area contributed by atoms with E-state index in [0.29, 0.717) is 11.1 Å². The maximum absolute atomic E-state index is 12.0. The topological polar surface area (TPSA) is 173 Å². The van der Waals surface area contributed by atoms with Crippen molar-refractivity contribution in [1.29, 1.82) is 0 Å². The van der Waals surface area contributed by atoms with Crippen LogP contribution in [0.3, 0.4) is 0 Å². The highest BCUT2D eigenvalue weighted by atomic mass is 16.7. The molecule has 0 aliphatic carbocycles. The van der Waals surface area contributed by atoms with E-state index in [2.05, 4.69) is 17.2 Å². The van der Waals surface area contributed by atoms with Gasteiger partial charge in [-0.2, -0.15) is 0 Å². The van der Waals surface area contributed by atoms with Gasteiger partial charge in [-0.15, -0.1) is 0 Å². The molecule has 12 nitrogen and oxygen atoms in total. The number of carbonyl (C=O) groups is 3. The summed E-state index contributed by atoms with van der Waals surface area (Å²) in [5.74, 6) is 0. The normalized spacial score (nSPS) is 13.8. The van der Waals surface area contributed by atoms with Crippen LogP contribution >= 0.6 is 0 Å². The number of amides is 2. The van der Waals surface area contributed by atoms with Crippen LogP contribution in [-0.2, 0) is 18.9 Å². The minimum Gasteiger partial charge on any atom is -0.444 e. The Bertz CT molecular complexity index is 1150. The van der Waals surface area contributed by atoms with E-state index in [1.165, 1.54) is 6.08 Å². The number of ether oxygens (including phenoxy) is 4. The van der Waals surface area contributed by atoms with Crippen molar-refractivity contribution in [2.24, 2.45) is 0 Å². The molecule has 12 heteroatoms. The van der Waals surface area contributed by atoms with Gasteiger partial charge in [-0.1, -0.05) is 73.3 Å². The van der Waals surface area contributed by atoms with Crippen molar-refractivity contribution in [2.75, 3.05) is 19.8 Å². The number of alkyl carbamates (subject to hydrolysis) is 2. The van der Waals surface area contributed by atoms with Crippen LogP contribution in [0, 0.1) is 0 Å². The third-order valence-corrected chi connectivity index (χ3v) is 5.35. The van der Waals surface area contributed by atoms with Gasteiger partial charge in [-0.25, -0.2) is 14.4 Å². The number of hydrogen-bond acceptors (Lipinski definition) is 10. The Morgan fingerprint density at radius 1 is 0.750 bits per heavy atom. The molecular weight excluding hydrogens is 572 g/mol. The van der Waals surface area contributed by atoms with Gasteiger partial charge in [-0.05, 0) is 52.7 Å². The molecule has 2 aromatic rings. The summed E-state index contributed by atoms with van der Waals surface area (Å²) in [5, 5.41) is 34.8. The summed E-state index contributed by atoms with van der Waals surface area (Å²) >= 11 is 0. The summed E-state index contributed by atoms with van der Waals surface area (Å²) in [6.45, 7) is 13.2. The van der Waals surface area contributed by atoms with Crippen molar-refractivity contribution >= 4 is 18.3 Å². The largest absolute Gasteiger partial charge is 0.508 e. The maximum atomic E-state index is 12.0. The van der Waals surface area contributed by atoms with Gasteiger partial charge < -0.3 is 44.9 Å². The molecule has 0 bridgehead atoms. The fraction of sp³-hybridized carbons (Fsp3) is 0.469. The molecule has 0 fully saturated rings. The number of hydrogen-bond donors (Lipinski definition) is 5. The first kappa shape index (κ1) is 37.9. The first-order chi connectivity index (χ1) is 20.6. The Morgan fingerprint density at radius 2 is 1.16 bits per heavy atom. The van der Waals surface area contributed by atoms with Crippen LogP contribution in [0.4, 0.5) is 14.4 Å². The van der Waals surface area contributed by atoms with Gasteiger partial charge in [0.1, 0.15) is 36.6 Å². The quantitative estimate of drug-likeness (QED) is 0.137. The van der Waals surface area contributed by atoms with Crippen molar-refractivity contribution in [3.8, 4) is 0 Å². The summed E-state index contributed by atoms with van der Waals surface area (Å²) in [6.07, 6.45) is -3.00. The van der Waals surface area contributed by atoms with Crippen LogP contribution in [0.15, 0.2) is 73.3 Å². The molecule has 0 aliphatic rings. The highest BCUT2D eigenvalue weighted by Crippen LogP contribution is 2.19. The Labute approximate surface area is 259 Å². The molecule has 44 heavy (non-hydrogen) atoms. The highest BCUT2D eigenvalue weighted by molar-refractivity contribution is 5.68. The van der Waals surface area contributed by atoms with Crippen LogP contribution in [0.1, 0.15) is 64.9 Å². The molecule has 0 saturated heterocycles. The summed E-state index contributed by atoms with van der Waals surface area (Å²) in [4.78, 5) is 35.1. The molecule has 4 atom stereocenters. The lowest BCUT2D eigenvalue weighted by Gasteiger charge is -2.26. The zero-order valence-corrected chi connectivity index (χ0v) is 26.2. The summed E-state index contributed by atoms with van der Waals surface area (Å²) in [5.41, 5.74) is -0.137. The molecule has 2 amide bonds. The van der Waals surface area contributed by atoms with E-state index >= 15 is 0 Å². The lowest BCUT2D eigenvalue weighted by atomic mass is 10.0. The van der Waals surface area contributed by atoms with Gasteiger partial charge in [0.05, 0.1) is 18.7 Å². The van der Waals surface area contributed by atoms with E-state index in [0.717, 1.165) is 0 Å². The standard InChI is InChI=1S/C18H25NO6.C14H21NO4/c1-5-11-23-17(22)24-12-14(19-16(21)25-18(2,3)4)15(20)13-9-7-6-8-10-13;1-14(2,3)19-13(18)15-11(9-16)12(17)10-7-5-4-6-8-10/h5-10,14-15,20H,1,11-12H2,2-4H3,(H,19,21);4-8,11-12,16-17H,9H2,1-3H3,(H,15,18)/t14-,15-;11-,12-/m11/s1. The number of benzene rings is 2. The smallest absolute Gasteiger partial charge is 0.444 e. The lowest BCUT2D eigenvalue weighted by Crippen LogP contribution is -2.45. The summed E-state index contributed by atoms with van der Waals surface area (Å²) in [6, 6.07) is 15.8. The number of aliphatic hydroxyl groups is 3. The predicted octanol–water partition coefficient (Wildman–Crippen LogP) is 4.56. The molecule has 244 valence electrons. The van der Waals surface area contributed by atoms with Gasteiger partial charge in [0.2, 0.25) is 0 Å². The minimum atomic E-state index is -1.10. The SMILES string of the molecule is C=CCOC(=O)OC[C@@H](NC(=O)OC(C)(C)C)[C@H](O)c1ccccc1.CC(C)(C)OC(=O)N[C@H](CO)[C@H](O)c1ccccc1. The van der Waals surface area contributed by atoms with Gasteiger partial charge in [0.15, 0.2) is 0 Å². The minimum absolute atomic E-state index is 0.00420. The zero-order valence-electron chi connectivity index (χ0n) is 26.2. The van der Waals surface area contributed by atoms with Gasteiger partial charge >= 0.3 is 18.3 Å². The molecule has 2 rings (SSSR count). The Hall–Kier alpha value is -4.13. The van der Waals surface area contributed by atoms with E-state index in [1.54, 1.807) is 96.1 Å². The molecular formula is C32H46N2O10. The van der Waals surface area contributed by atoms with Crippen LogP contribution in [-0.4, -0.2) is 76.8 Å². The van der Waals surface area contributed by atoms with E-state index < -0.39 is 53.8 Å².